The van der Waals surface area contributed by atoms with Gasteiger partial charge < -0.3 is 9.84 Å². The predicted octanol–water partition coefficient (Wildman–Crippen LogP) is 5.49. The van der Waals surface area contributed by atoms with E-state index in [9.17, 15) is 9.90 Å². The van der Waals surface area contributed by atoms with Gasteiger partial charge >= 0.3 is 5.97 Å². The summed E-state index contributed by atoms with van der Waals surface area (Å²) in [5, 5.41) is 9.95. The first-order valence-corrected chi connectivity index (χ1v) is 10.0. The lowest BCUT2D eigenvalue weighted by atomic mass is 9.46. The average Bonchev–Trinajstić information content (AvgIpc) is 2.54. The molecule has 2 aliphatic rings. The lowest BCUT2D eigenvalue weighted by Gasteiger charge is -2.59. The van der Waals surface area contributed by atoms with Gasteiger partial charge in [-0.2, -0.15) is 0 Å². The van der Waals surface area contributed by atoms with Crippen molar-refractivity contribution in [3.63, 3.8) is 0 Å². The van der Waals surface area contributed by atoms with Gasteiger partial charge in [0.15, 0.2) is 0 Å². The summed E-state index contributed by atoms with van der Waals surface area (Å²) in [5.41, 5.74) is 2.79. The third kappa shape index (κ3) is 3.37. The maximum atomic E-state index is 12.1. The molecule has 1 aromatic rings. The van der Waals surface area contributed by atoms with E-state index >= 15 is 0 Å². The molecule has 0 bridgehead atoms. The van der Waals surface area contributed by atoms with Crippen LogP contribution in [0.15, 0.2) is 18.2 Å². The first kappa shape index (κ1) is 19.3. The van der Waals surface area contributed by atoms with Crippen LogP contribution in [0.25, 0.3) is 0 Å². The Kier molecular flexibility index (Phi) is 5.11. The third-order valence-corrected chi connectivity index (χ3v) is 7.49. The fourth-order valence-electron chi connectivity index (χ4n) is 6.32. The van der Waals surface area contributed by atoms with E-state index in [-0.39, 0.29) is 17.3 Å². The third-order valence-electron chi connectivity index (χ3n) is 7.49. The summed E-state index contributed by atoms with van der Waals surface area (Å²) in [6.45, 7) is 9.24. The van der Waals surface area contributed by atoms with Crippen LogP contribution in [0.4, 0.5) is 0 Å². The molecule has 0 aromatic heterocycles. The topological polar surface area (TPSA) is 46.5 Å². The van der Waals surface area contributed by atoms with E-state index in [4.69, 9.17) is 4.74 Å². The van der Waals surface area contributed by atoms with Gasteiger partial charge in [-0.3, -0.25) is 4.79 Å². The van der Waals surface area contributed by atoms with Crippen molar-refractivity contribution in [2.45, 2.75) is 66.2 Å². The number of aliphatic carboxylic acids is 1. The molecule has 2 aliphatic carbocycles. The zero-order valence-corrected chi connectivity index (χ0v) is 17.0. The number of rotatable bonds is 4. The van der Waals surface area contributed by atoms with Crippen molar-refractivity contribution >= 4 is 5.97 Å². The van der Waals surface area contributed by atoms with E-state index in [1.807, 2.05) is 6.07 Å². The SMILES string of the molecule is COc1cc(C)cc(C[C@H]2[C@@H](C(=O)O)CC[C@H]3C(C)(C)CCC[C@]23C)c1. The fraction of sp³-hybridized carbons (Fsp3) is 0.696. The molecular weight excluding hydrogens is 324 g/mol. The van der Waals surface area contributed by atoms with Crippen molar-refractivity contribution < 1.29 is 14.6 Å². The fourth-order valence-corrected chi connectivity index (χ4v) is 6.32. The lowest BCUT2D eigenvalue weighted by Crippen LogP contribution is -2.53. The van der Waals surface area contributed by atoms with Gasteiger partial charge in [0, 0.05) is 0 Å². The normalized spacial score (nSPS) is 33.3. The Labute approximate surface area is 158 Å². The Bertz CT molecular complexity index is 678. The van der Waals surface area contributed by atoms with E-state index < -0.39 is 5.97 Å². The van der Waals surface area contributed by atoms with Gasteiger partial charge in [-0.15, -0.1) is 0 Å². The Morgan fingerprint density at radius 2 is 1.92 bits per heavy atom. The number of benzene rings is 1. The maximum absolute atomic E-state index is 12.1. The number of ether oxygens (including phenoxy) is 1. The van der Waals surface area contributed by atoms with Gasteiger partial charge in [-0.05, 0) is 85.0 Å². The summed E-state index contributed by atoms with van der Waals surface area (Å²) in [5.74, 6) is 0.809. The highest BCUT2D eigenvalue weighted by atomic mass is 16.5. The molecule has 1 aromatic carbocycles. The molecule has 144 valence electrons. The molecule has 1 N–H and O–H groups in total. The van der Waals surface area contributed by atoms with Gasteiger partial charge in [0.2, 0.25) is 0 Å². The van der Waals surface area contributed by atoms with Crippen molar-refractivity contribution in [1.29, 1.82) is 0 Å². The van der Waals surface area contributed by atoms with Crippen LogP contribution >= 0.6 is 0 Å². The van der Waals surface area contributed by atoms with Gasteiger partial charge in [0.05, 0.1) is 13.0 Å². The molecule has 4 atom stereocenters. The molecule has 3 nitrogen and oxygen atoms in total. The van der Waals surface area contributed by atoms with Crippen molar-refractivity contribution in [1.82, 2.24) is 0 Å². The summed E-state index contributed by atoms with van der Waals surface area (Å²) in [6, 6.07) is 6.32. The Hall–Kier alpha value is -1.51. The monoisotopic (exact) mass is 358 g/mol. The first-order valence-electron chi connectivity index (χ1n) is 10.0. The molecule has 0 radical (unpaired) electrons. The molecule has 26 heavy (non-hydrogen) atoms. The van der Waals surface area contributed by atoms with Crippen LogP contribution in [0.5, 0.6) is 5.75 Å². The predicted molar refractivity (Wildman–Crippen MR) is 105 cm³/mol. The number of carboxylic acids is 1. The second-order valence-corrected chi connectivity index (χ2v) is 9.59. The highest BCUT2D eigenvalue weighted by Crippen LogP contribution is 2.61. The Morgan fingerprint density at radius 1 is 1.19 bits per heavy atom. The van der Waals surface area contributed by atoms with Gasteiger partial charge in [0.1, 0.15) is 5.75 Å². The summed E-state index contributed by atoms with van der Waals surface area (Å²) in [4.78, 5) is 12.1. The van der Waals surface area contributed by atoms with Crippen LogP contribution in [0, 0.1) is 35.5 Å². The molecule has 3 heteroatoms. The number of hydrogen-bond acceptors (Lipinski definition) is 2. The zero-order valence-electron chi connectivity index (χ0n) is 17.0. The Morgan fingerprint density at radius 3 is 2.58 bits per heavy atom. The highest BCUT2D eigenvalue weighted by Gasteiger charge is 2.55. The van der Waals surface area contributed by atoms with Crippen LogP contribution < -0.4 is 4.74 Å². The molecule has 3 rings (SSSR count). The quantitative estimate of drug-likeness (QED) is 0.774. The number of carbonyl (C=O) groups is 1. The highest BCUT2D eigenvalue weighted by molar-refractivity contribution is 5.70. The average molecular weight is 359 g/mol. The molecular formula is C23H34O3. The summed E-state index contributed by atoms with van der Waals surface area (Å²) < 4.78 is 5.45. The standard InChI is InChI=1S/C23H34O3/c1-15-11-16(13-17(12-15)26-5)14-19-18(21(24)25)7-8-20-22(2,3)9-6-10-23(19,20)4/h11-13,18-20H,6-10,14H2,1-5H3,(H,24,25)/t18-,19-,20-,23+/m0/s1. The van der Waals surface area contributed by atoms with E-state index in [0.717, 1.165) is 31.4 Å². The molecule has 2 fully saturated rings. The van der Waals surface area contributed by atoms with Crippen molar-refractivity contribution in [3.05, 3.63) is 29.3 Å². The van der Waals surface area contributed by atoms with E-state index in [2.05, 4.69) is 39.8 Å². The summed E-state index contributed by atoms with van der Waals surface area (Å²) in [7, 11) is 1.69. The van der Waals surface area contributed by atoms with Crippen molar-refractivity contribution in [2.24, 2.45) is 28.6 Å². The van der Waals surface area contributed by atoms with Crippen LogP contribution in [-0.2, 0) is 11.2 Å². The molecule has 0 aliphatic heterocycles. The molecule has 0 heterocycles. The van der Waals surface area contributed by atoms with Crippen LogP contribution in [0.3, 0.4) is 0 Å². The minimum Gasteiger partial charge on any atom is -0.497 e. The van der Waals surface area contributed by atoms with Crippen LogP contribution in [-0.4, -0.2) is 18.2 Å². The molecule has 0 saturated heterocycles. The smallest absolute Gasteiger partial charge is 0.306 e. The molecule has 2 saturated carbocycles. The number of aryl methyl sites for hydroxylation is 1. The van der Waals surface area contributed by atoms with Crippen LogP contribution in [0.1, 0.15) is 64.0 Å². The second-order valence-electron chi connectivity index (χ2n) is 9.59. The largest absolute Gasteiger partial charge is 0.497 e. The van der Waals surface area contributed by atoms with E-state index in [0.29, 0.717) is 11.3 Å². The lowest BCUT2D eigenvalue weighted by molar-refractivity contribution is -0.157. The number of methoxy groups -OCH3 is 1. The van der Waals surface area contributed by atoms with E-state index in [1.165, 1.54) is 24.0 Å². The van der Waals surface area contributed by atoms with Gasteiger partial charge in [0.25, 0.3) is 0 Å². The van der Waals surface area contributed by atoms with E-state index in [1.54, 1.807) is 7.11 Å². The minimum absolute atomic E-state index is 0.0973. The Balaban J connectivity index is 1.99. The maximum Gasteiger partial charge on any atom is 0.306 e. The minimum atomic E-state index is -0.613. The summed E-state index contributed by atoms with van der Waals surface area (Å²) >= 11 is 0. The molecule has 0 amide bonds. The number of fused-ring (bicyclic) bond motifs is 1. The number of hydrogen-bond donors (Lipinski definition) is 1. The van der Waals surface area contributed by atoms with Gasteiger partial charge in [-0.25, -0.2) is 0 Å². The molecule has 0 unspecified atom stereocenters. The second kappa shape index (κ2) is 6.90. The van der Waals surface area contributed by atoms with Crippen LogP contribution in [0.2, 0.25) is 0 Å². The first-order chi connectivity index (χ1) is 12.2. The van der Waals surface area contributed by atoms with Crippen molar-refractivity contribution in [3.8, 4) is 5.75 Å². The van der Waals surface area contributed by atoms with Crippen molar-refractivity contribution in [2.75, 3.05) is 7.11 Å². The van der Waals surface area contributed by atoms with Gasteiger partial charge in [-0.1, -0.05) is 33.3 Å². The zero-order chi connectivity index (χ0) is 19.1. The molecule has 0 spiro atoms. The number of carboxylic acid groups (broad SMARTS) is 1. The summed E-state index contributed by atoms with van der Waals surface area (Å²) in [6.07, 6.45) is 6.31.